The maximum absolute atomic E-state index is 6.26. The van der Waals surface area contributed by atoms with Crippen molar-refractivity contribution in [3.05, 3.63) is 44.9 Å². The first-order valence-electron chi connectivity index (χ1n) is 6.20. The Hall–Kier alpha value is -1.06. The zero-order valence-corrected chi connectivity index (χ0v) is 13.2. The third-order valence-electron chi connectivity index (χ3n) is 2.82. The van der Waals surface area contributed by atoms with Crippen LogP contribution in [0.4, 0.5) is 0 Å². The van der Waals surface area contributed by atoms with Gasteiger partial charge in [-0.25, -0.2) is 4.98 Å². The average Bonchev–Trinajstić information content (AvgIpc) is 2.72. The number of nitrogens with zero attached hydrogens (tertiary/aromatic N) is 1. The van der Waals surface area contributed by atoms with Gasteiger partial charge in [0.25, 0.3) is 0 Å². The smallest absolute Gasteiger partial charge is 0.140 e. The standard InChI is InChI=1S/C15H18ClNOS/c1-10-8-17-14(19-10)9-18-13-6-5-11(7-12(13)16)15(2,3)4/h5-8H,9H2,1-4H3. The molecule has 0 unspecified atom stereocenters. The first-order valence-corrected chi connectivity index (χ1v) is 7.40. The molecule has 0 saturated carbocycles. The lowest BCUT2D eigenvalue weighted by Gasteiger charge is -2.20. The minimum Gasteiger partial charge on any atom is -0.485 e. The fourth-order valence-corrected chi connectivity index (χ4v) is 2.63. The molecule has 4 heteroatoms. The quantitative estimate of drug-likeness (QED) is 0.796. The van der Waals surface area contributed by atoms with E-state index in [1.165, 1.54) is 10.4 Å². The van der Waals surface area contributed by atoms with E-state index >= 15 is 0 Å². The maximum Gasteiger partial charge on any atom is 0.140 e. The third kappa shape index (κ3) is 3.71. The Kier molecular flexibility index (Phi) is 4.16. The second-order valence-electron chi connectivity index (χ2n) is 5.55. The van der Waals surface area contributed by atoms with Crippen molar-refractivity contribution >= 4 is 22.9 Å². The average molecular weight is 296 g/mol. The highest BCUT2D eigenvalue weighted by Crippen LogP contribution is 2.31. The molecule has 1 aromatic carbocycles. The number of halogens is 1. The van der Waals surface area contributed by atoms with Crippen LogP contribution in [0.1, 0.15) is 36.2 Å². The van der Waals surface area contributed by atoms with Crippen molar-refractivity contribution in [2.45, 2.75) is 39.7 Å². The van der Waals surface area contributed by atoms with Crippen molar-refractivity contribution in [1.29, 1.82) is 0 Å². The van der Waals surface area contributed by atoms with Crippen LogP contribution in [-0.2, 0) is 12.0 Å². The summed E-state index contributed by atoms with van der Waals surface area (Å²) in [6.45, 7) is 8.99. The summed E-state index contributed by atoms with van der Waals surface area (Å²) >= 11 is 7.91. The van der Waals surface area contributed by atoms with Gasteiger partial charge in [-0.1, -0.05) is 38.4 Å². The first kappa shape index (κ1) is 14.4. The Morgan fingerprint density at radius 2 is 2.05 bits per heavy atom. The summed E-state index contributed by atoms with van der Waals surface area (Å²) in [7, 11) is 0. The Morgan fingerprint density at radius 1 is 1.32 bits per heavy atom. The van der Waals surface area contributed by atoms with Crippen molar-refractivity contribution in [3.63, 3.8) is 0 Å². The van der Waals surface area contributed by atoms with Crippen LogP contribution in [0.3, 0.4) is 0 Å². The minimum atomic E-state index is 0.0919. The number of hydrogen-bond acceptors (Lipinski definition) is 3. The van der Waals surface area contributed by atoms with Gasteiger partial charge in [0.2, 0.25) is 0 Å². The third-order valence-corrected chi connectivity index (χ3v) is 4.00. The van der Waals surface area contributed by atoms with Crippen molar-refractivity contribution in [2.75, 3.05) is 0 Å². The number of rotatable bonds is 3. The number of aromatic nitrogens is 1. The fraction of sp³-hybridized carbons (Fsp3) is 0.400. The van der Waals surface area contributed by atoms with Gasteiger partial charge in [0.05, 0.1) is 5.02 Å². The lowest BCUT2D eigenvalue weighted by atomic mass is 9.87. The summed E-state index contributed by atoms with van der Waals surface area (Å²) in [5.41, 5.74) is 1.30. The maximum atomic E-state index is 6.26. The highest BCUT2D eigenvalue weighted by Gasteiger charge is 2.15. The van der Waals surface area contributed by atoms with Gasteiger partial charge in [-0.05, 0) is 30.0 Å². The molecule has 0 fully saturated rings. The lowest BCUT2D eigenvalue weighted by Crippen LogP contribution is -2.10. The molecule has 1 heterocycles. The highest BCUT2D eigenvalue weighted by molar-refractivity contribution is 7.11. The molecule has 0 amide bonds. The van der Waals surface area contributed by atoms with Gasteiger partial charge in [-0.15, -0.1) is 11.3 Å². The van der Waals surface area contributed by atoms with E-state index < -0.39 is 0 Å². The molecule has 1 aromatic heterocycles. The highest BCUT2D eigenvalue weighted by atomic mass is 35.5. The van der Waals surface area contributed by atoms with Crippen LogP contribution < -0.4 is 4.74 Å². The summed E-state index contributed by atoms with van der Waals surface area (Å²) in [5, 5.41) is 1.62. The van der Waals surface area contributed by atoms with E-state index in [4.69, 9.17) is 16.3 Å². The first-order chi connectivity index (χ1) is 8.86. The van der Waals surface area contributed by atoms with Gasteiger partial charge in [-0.2, -0.15) is 0 Å². The molecule has 2 aromatic rings. The van der Waals surface area contributed by atoms with Crippen molar-refractivity contribution in [3.8, 4) is 5.75 Å². The number of ether oxygens (including phenoxy) is 1. The van der Waals surface area contributed by atoms with E-state index in [9.17, 15) is 0 Å². The van der Waals surface area contributed by atoms with Crippen LogP contribution in [0, 0.1) is 6.92 Å². The second-order valence-corrected chi connectivity index (χ2v) is 7.28. The molecular formula is C15H18ClNOS. The van der Waals surface area contributed by atoms with Crippen LogP contribution in [0.15, 0.2) is 24.4 Å². The van der Waals surface area contributed by atoms with E-state index in [0.717, 1.165) is 5.01 Å². The largest absolute Gasteiger partial charge is 0.485 e. The molecule has 0 aliphatic carbocycles. The molecule has 0 atom stereocenters. The van der Waals surface area contributed by atoms with Crippen LogP contribution in [0.25, 0.3) is 0 Å². The summed E-state index contributed by atoms with van der Waals surface area (Å²) in [6.07, 6.45) is 1.85. The summed E-state index contributed by atoms with van der Waals surface area (Å²) in [4.78, 5) is 5.46. The molecule has 0 N–H and O–H groups in total. The zero-order chi connectivity index (χ0) is 14.0. The second kappa shape index (κ2) is 5.51. The summed E-state index contributed by atoms with van der Waals surface area (Å²) in [5.74, 6) is 0.711. The van der Waals surface area contributed by atoms with Gasteiger partial charge in [0.1, 0.15) is 17.4 Å². The molecule has 0 radical (unpaired) electrons. The molecule has 0 aliphatic heterocycles. The van der Waals surface area contributed by atoms with Gasteiger partial charge in [0.15, 0.2) is 0 Å². The van der Waals surface area contributed by atoms with Crippen LogP contribution in [0.2, 0.25) is 5.02 Å². The Bertz CT molecular complexity index is 572. The number of benzene rings is 1. The summed E-state index contributed by atoms with van der Waals surface area (Å²) < 4.78 is 5.72. The number of aryl methyl sites for hydroxylation is 1. The van der Waals surface area contributed by atoms with Crippen molar-refractivity contribution < 1.29 is 4.74 Å². The molecule has 0 aliphatic rings. The molecule has 2 rings (SSSR count). The van der Waals surface area contributed by atoms with Crippen LogP contribution in [-0.4, -0.2) is 4.98 Å². The van der Waals surface area contributed by atoms with Crippen molar-refractivity contribution in [1.82, 2.24) is 4.98 Å². The molecule has 0 spiro atoms. The Morgan fingerprint density at radius 3 is 2.58 bits per heavy atom. The van der Waals surface area contributed by atoms with E-state index in [1.807, 2.05) is 25.3 Å². The van der Waals surface area contributed by atoms with Crippen LogP contribution in [0.5, 0.6) is 5.75 Å². The van der Waals surface area contributed by atoms with Gasteiger partial charge in [0, 0.05) is 11.1 Å². The van der Waals surface area contributed by atoms with Gasteiger partial charge >= 0.3 is 0 Å². The number of hydrogen-bond donors (Lipinski definition) is 0. The lowest BCUT2D eigenvalue weighted by molar-refractivity contribution is 0.305. The van der Waals surface area contributed by atoms with E-state index in [-0.39, 0.29) is 5.41 Å². The Labute approximate surface area is 123 Å². The molecule has 0 saturated heterocycles. The molecule has 0 bridgehead atoms. The van der Waals surface area contributed by atoms with Gasteiger partial charge in [-0.3, -0.25) is 0 Å². The van der Waals surface area contributed by atoms with Crippen molar-refractivity contribution in [2.24, 2.45) is 0 Å². The van der Waals surface area contributed by atoms with Crippen LogP contribution >= 0.6 is 22.9 Å². The van der Waals surface area contributed by atoms with E-state index in [0.29, 0.717) is 17.4 Å². The SMILES string of the molecule is Cc1cnc(COc2ccc(C(C)(C)C)cc2Cl)s1. The molecule has 2 nitrogen and oxygen atoms in total. The minimum absolute atomic E-state index is 0.0919. The van der Waals surface area contributed by atoms with E-state index in [2.05, 4.69) is 31.8 Å². The summed E-state index contributed by atoms with van der Waals surface area (Å²) in [6, 6.07) is 5.97. The molecule has 102 valence electrons. The number of thiazole rings is 1. The fourth-order valence-electron chi connectivity index (χ4n) is 1.69. The normalized spacial score (nSPS) is 11.6. The topological polar surface area (TPSA) is 22.1 Å². The van der Waals surface area contributed by atoms with Gasteiger partial charge < -0.3 is 4.74 Å². The predicted molar refractivity (Wildman–Crippen MR) is 81.3 cm³/mol. The molecule has 19 heavy (non-hydrogen) atoms. The Balaban J connectivity index is 2.09. The monoisotopic (exact) mass is 295 g/mol. The predicted octanol–water partition coefficient (Wildman–Crippen LogP) is 4.98. The molecular weight excluding hydrogens is 278 g/mol. The van der Waals surface area contributed by atoms with E-state index in [1.54, 1.807) is 11.3 Å². The zero-order valence-electron chi connectivity index (χ0n) is 11.7.